The van der Waals surface area contributed by atoms with Gasteiger partial charge < -0.3 is 0 Å². The third-order valence-corrected chi connectivity index (χ3v) is 6.50. The number of rotatable bonds is 5. The first-order valence-electron chi connectivity index (χ1n) is 9.25. The van der Waals surface area contributed by atoms with Gasteiger partial charge in [0.2, 0.25) is 0 Å². The molecular formula is C20H24BrN3O2S. The molecule has 0 aliphatic heterocycles. The summed E-state index contributed by atoms with van der Waals surface area (Å²) in [6.45, 7) is 1.92. The molecule has 1 aromatic heterocycles. The average molecular weight is 450 g/mol. The van der Waals surface area contributed by atoms with Gasteiger partial charge in [-0.25, -0.2) is 4.98 Å². The van der Waals surface area contributed by atoms with Crippen LogP contribution in [0.2, 0.25) is 0 Å². The van der Waals surface area contributed by atoms with Crippen LogP contribution in [0.15, 0.2) is 57.1 Å². The lowest BCUT2D eigenvalue weighted by molar-refractivity contribution is 0.575. The van der Waals surface area contributed by atoms with Crippen molar-refractivity contribution in [3.05, 3.63) is 58.3 Å². The average Bonchev–Trinajstić information content (AvgIpc) is 2.92. The van der Waals surface area contributed by atoms with E-state index >= 15 is 0 Å². The number of nitrogens with one attached hydrogen (secondary N) is 1. The summed E-state index contributed by atoms with van der Waals surface area (Å²) in [5, 5.41) is 4.37. The van der Waals surface area contributed by atoms with Crippen molar-refractivity contribution in [2.45, 2.75) is 50.3 Å². The van der Waals surface area contributed by atoms with Gasteiger partial charge in [0, 0.05) is 5.92 Å². The number of aryl methyl sites for hydroxylation is 1. The highest BCUT2D eigenvalue weighted by Crippen LogP contribution is 2.26. The highest BCUT2D eigenvalue weighted by molar-refractivity contribution is 9.10. The van der Waals surface area contributed by atoms with E-state index in [1.54, 1.807) is 24.3 Å². The van der Waals surface area contributed by atoms with Gasteiger partial charge in [-0.2, -0.15) is 18.4 Å². The van der Waals surface area contributed by atoms with Gasteiger partial charge in [0.15, 0.2) is 0 Å². The summed E-state index contributed by atoms with van der Waals surface area (Å²) in [7, 11) is -3.72. The van der Waals surface area contributed by atoms with Crippen molar-refractivity contribution < 1.29 is 8.42 Å². The third kappa shape index (κ3) is 5.39. The highest BCUT2D eigenvalue weighted by Gasteiger charge is 2.22. The number of hydrogen-bond acceptors (Lipinski definition) is 4. The molecule has 0 spiro atoms. The monoisotopic (exact) mass is 449 g/mol. The minimum absolute atomic E-state index is 0.204. The normalized spacial score (nSPS) is 16.7. The number of halogens is 1. The molecule has 27 heavy (non-hydrogen) atoms. The van der Waals surface area contributed by atoms with Gasteiger partial charge in [0.05, 0.1) is 16.3 Å². The molecule has 144 valence electrons. The fraction of sp³-hybridized carbons (Fsp3) is 0.400. The maximum atomic E-state index is 12.6. The molecule has 1 aromatic carbocycles. The van der Waals surface area contributed by atoms with E-state index in [-0.39, 0.29) is 10.8 Å². The molecule has 1 heterocycles. The van der Waals surface area contributed by atoms with Crippen LogP contribution in [-0.2, 0) is 10.0 Å². The van der Waals surface area contributed by atoms with E-state index in [0.717, 1.165) is 31.2 Å². The predicted molar refractivity (Wildman–Crippen MR) is 111 cm³/mol. The van der Waals surface area contributed by atoms with Gasteiger partial charge >= 0.3 is 0 Å². The molecule has 7 heteroatoms. The molecule has 0 saturated heterocycles. The van der Waals surface area contributed by atoms with Crippen LogP contribution >= 0.6 is 15.9 Å². The number of hydrazone groups is 1. The molecule has 2 aromatic rings. The molecular weight excluding hydrogens is 426 g/mol. The van der Waals surface area contributed by atoms with E-state index in [1.165, 1.54) is 12.8 Å². The summed E-state index contributed by atoms with van der Waals surface area (Å²) >= 11 is 3.40. The standard InChI is InChI=1S/C20H24BrN3O2S/c1-15-11-13-17(14-12-15)27(25,26)24-23-20(16-7-4-2-3-5-8-16)18-9-6-10-19(21)22-18/h6,9-14,16,24H,2-5,7-8H2,1H3/b23-20-. The lowest BCUT2D eigenvalue weighted by atomic mass is 9.92. The molecule has 1 saturated carbocycles. The van der Waals surface area contributed by atoms with E-state index in [4.69, 9.17) is 0 Å². The van der Waals surface area contributed by atoms with Crippen LogP contribution in [0.3, 0.4) is 0 Å². The molecule has 1 aliphatic rings. The van der Waals surface area contributed by atoms with Crippen molar-refractivity contribution in [2.24, 2.45) is 11.0 Å². The van der Waals surface area contributed by atoms with Gasteiger partial charge in [-0.15, -0.1) is 0 Å². The Morgan fingerprint density at radius 2 is 1.74 bits per heavy atom. The fourth-order valence-corrected chi connectivity index (χ4v) is 4.50. The molecule has 1 aliphatic carbocycles. The van der Waals surface area contributed by atoms with Crippen LogP contribution in [0, 0.1) is 12.8 Å². The zero-order valence-corrected chi connectivity index (χ0v) is 17.8. The molecule has 0 atom stereocenters. The van der Waals surface area contributed by atoms with Gasteiger partial charge in [-0.1, -0.05) is 49.4 Å². The first-order valence-corrected chi connectivity index (χ1v) is 11.5. The fourth-order valence-electron chi connectivity index (χ4n) is 3.34. The SMILES string of the molecule is Cc1ccc(S(=O)(=O)N/N=C(\c2cccc(Br)n2)C2CCCCCC2)cc1. The van der Waals surface area contributed by atoms with Crippen molar-refractivity contribution in [3.8, 4) is 0 Å². The molecule has 5 nitrogen and oxygen atoms in total. The molecule has 1 N–H and O–H groups in total. The predicted octanol–water partition coefficient (Wildman–Crippen LogP) is 4.81. The summed E-state index contributed by atoms with van der Waals surface area (Å²) in [4.78, 5) is 7.16. The molecule has 0 bridgehead atoms. The van der Waals surface area contributed by atoms with Crippen LogP contribution in [0.4, 0.5) is 0 Å². The number of pyridine rings is 1. The second-order valence-corrected chi connectivity index (χ2v) is 9.41. The number of hydrogen-bond donors (Lipinski definition) is 1. The van der Waals surface area contributed by atoms with E-state index in [9.17, 15) is 8.42 Å². The Kier molecular flexibility index (Phi) is 6.65. The van der Waals surface area contributed by atoms with E-state index in [2.05, 4.69) is 30.8 Å². The number of nitrogens with zero attached hydrogens (tertiary/aromatic N) is 2. The number of aromatic nitrogens is 1. The Bertz CT molecular complexity index is 903. The second-order valence-electron chi connectivity index (χ2n) is 6.94. The van der Waals surface area contributed by atoms with E-state index in [0.29, 0.717) is 16.0 Å². The summed E-state index contributed by atoms with van der Waals surface area (Å²) in [6, 6.07) is 12.4. The Morgan fingerprint density at radius 3 is 2.37 bits per heavy atom. The van der Waals surface area contributed by atoms with Crippen molar-refractivity contribution in [2.75, 3.05) is 0 Å². The van der Waals surface area contributed by atoms with Crippen LogP contribution in [0.25, 0.3) is 0 Å². The summed E-state index contributed by atoms with van der Waals surface area (Å²) < 4.78 is 26.0. The number of sulfonamides is 1. The number of benzene rings is 1. The van der Waals surface area contributed by atoms with Crippen LogP contribution < -0.4 is 4.83 Å². The Labute approximate surface area is 169 Å². The van der Waals surface area contributed by atoms with Gasteiger partial charge in [0.25, 0.3) is 10.0 Å². The lowest BCUT2D eigenvalue weighted by Crippen LogP contribution is -2.25. The van der Waals surface area contributed by atoms with Crippen LogP contribution in [-0.4, -0.2) is 19.1 Å². The maximum absolute atomic E-state index is 12.6. The van der Waals surface area contributed by atoms with Crippen molar-refractivity contribution >= 4 is 31.7 Å². The molecule has 0 amide bonds. The maximum Gasteiger partial charge on any atom is 0.276 e. The first-order chi connectivity index (χ1) is 13.0. The molecule has 0 radical (unpaired) electrons. The van der Waals surface area contributed by atoms with Crippen molar-refractivity contribution in [3.63, 3.8) is 0 Å². The minimum Gasteiger partial charge on any atom is -0.240 e. The molecule has 1 fully saturated rings. The summed E-state index contributed by atoms with van der Waals surface area (Å²) in [5.74, 6) is 0.204. The van der Waals surface area contributed by atoms with Gasteiger partial charge in [-0.05, 0) is 60.0 Å². The lowest BCUT2D eigenvalue weighted by Gasteiger charge is -2.17. The van der Waals surface area contributed by atoms with Crippen LogP contribution in [0.1, 0.15) is 49.8 Å². The van der Waals surface area contributed by atoms with Crippen molar-refractivity contribution in [1.29, 1.82) is 0 Å². The zero-order valence-electron chi connectivity index (χ0n) is 15.4. The van der Waals surface area contributed by atoms with E-state index < -0.39 is 10.0 Å². The largest absolute Gasteiger partial charge is 0.276 e. The van der Waals surface area contributed by atoms with Gasteiger partial charge in [0.1, 0.15) is 4.60 Å². The topological polar surface area (TPSA) is 71.4 Å². The summed E-state index contributed by atoms with van der Waals surface area (Å²) in [6.07, 6.45) is 6.68. The molecule has 0 unspecified atom stereocenters. The van der Waals surface area contributed by atoms with Gasteiger partial charge in [-0.3, -0.25) is 0 Å². The Hall–Kier alpha value is -1.73. The Balaban J connectivity index is 1.92. The zero-order chi connectivity index (χ0) is 19.3. The Morgan fingerprint density at radius 1 is 1.07 bits per heavy atom. The summed E-state index contributed by atoms with van der Waals surface area (Å²) in [5.41, 5.74) is 2.44. The van der Waals surface area contributed by atoms with Crippen molar-refractivity contribution in [1.82, 2.24) is 9.82 Å². The minimum atomic E-state index is -3.72. The van der Waals surface area contributed by atoms with Crippen LogP contribution in [0.5, 0.6) is 0 Å². The smallest absolute Gasteiger partial charge is 0.240 e. The first kappa shape index (κ1) is 20.0. The molecule has 3 rings (SSSR count). The highest BCUT2D eigenvalue weighted by atomic mass is 79.9. The quantitative estimate of drug-likeness (QED) is 0.308. The van der Waals surface area contributed by atoms with E-state index in [1.807, 2.05) is 25.1 Å². The second kappa shape index (κ2) is 8.97. The third-order valence-electron chi connectivity index (χ3n) is 4.84.